The molecule has 0 aromatic heterocycles. The number of amides is 1. The van der Waals surface area contributed by atoms with Gasteiger partial charge in [-0.05, 0) is 47.5 Å². The van der Waals surface area contributed by atoms with Crippen LogP contribution in [0.2, 0.25) is 0 Å². The zero-order valence-corrected chi connectivity index (χ0v) is 13.7. The van der Waals surface area contributed by atoms with E-state index in [1.807, 2.05) is 49.4 Å². The molecule has 1 N–H and O–H groups in total. The molecule has 0 saturated carbocycles. The van der Waals surface area contributed by atoms with E-state index < -0.39 is 17.5 Å². The lowest BCUT2D eigenvalue weighted by Gasteiger charge is -2.14. The molecule has 0 aliphatic heterocycles. The van der Waals surface area contributed by atoms with E-state index in [0.717, 1.165) is 40.6 Å². The van der Waals surface area contributed by atoms with Crippen molar-refractivity contribution in [2.24, 2.45) is 0 Å². The van der Waals surface area contributed by atoms with Crippen molar-refractivity contribution in [2.45, 2.75) is 13.0 Å². The fourth-order valence-electron chi connectivity index (χ4n) is 2.65. The Morgan fingerprint density at radius 2 is 1.64 bits per heavy atom. The summed E-state index contributed by atoms with van der Waals surface area (Å²) in [6, 6.07) is 17.3. The number of hydrogen-bond acceptors (Lipinski definition) is 1. The Labute approximate surface area is 144 Å². The number of halogens is 2. The molecule has 1 amide bonds. The molecule has 3 rings (SSSR count). The highest BCUT2D eigenvalue weighted by Gasteiger charge is 2.09. The van der Waals surface area contributed by atoms with Gasteiger partial charge in [0.2, 0.25) is 5.91 Å². The van der Waals surface area contributed by atoms with Crippen molar-refractivity contribution in [3.05, 3.63) is 89.5 Å². The fourth-order valence-corrected chi connectivity index (χ4v) is 2.65. The summed E-state index contributed by atoms with van der Waals surface area (Å²) in [7, 11) is 0. The van der Waals surface area contributed by atoms with Gasteiger partial charge < -0.3 is 5.32 Å². The topological polar surface area (TPSA) is 29.1 Å². The quantitative estimate of drug-likeness (QED) is 0.666. The van der Waals surface area contributed by atoms with Crippen LogP contribution in [0.4, 0.5) is 8.78 Å². The average Bonchev–Trinajstić information content (AvgIpc) is 2.61. The van der Waals surface area contributed by atoms with Crippen LogP contribution < -0.4 is 5.32 Å². The number of rotatable bonds is 4. The second kappa shape index (κ2) is 7.26. The predicted molar refractivity (Wildman–Crippen MR) is 95.9 cm³/mol. The van der Waals surface area contributed by atoms with Crippen molar-refractivity contribution < 1.29 is 13.6 Å². The van der Waals surface area contributed by atoms with E-state index in [-0.39, 0.29) is 11.6 Å². The first-order valence-electron chi connectivity index (χ1n) is 7.96. The van der Waals surface area contributed by atoms with E-state index in [4.69, 9.17) is 0 Å². The minimum atomic E-state index is -0.702. The maximum Gasteiger partial charge on any atom is 0.244 e. The third-order valence-corrected chi connectivity index (χ3v) is 4.03. The van der Waals surface area contributed by atoms with Crippen LogP contribution in [-0.4, -0.2) is 5.91 Å². The molecule has 0 unspecified atom stereocenters. The maximum absolute atomic E-state index is 13.6. The van der Waals surface area contributed by atoms with Gasteiger partial charge in [0.25, 0.3) is 0 Å². The molecule has 0 aliphatic carbocycles. The van der Waals surface area contributed by atoms with Gasteiger partial charge in [-0.3, -0.25) is 4.79 Å². The first-order valence-corrected chi connectivity index (χ1v) is 7.96. The second-order valence-electron chi connectivity index (χ2n) is 5.81. The summed E-state index contributed by atoms with van der Waals surface area (Å²) in [5.41, 5.74) is 0.730. The van der Waals surface area contributed by atoms with Crippen molar-refractivity contribution >= 4 is 22.8 Å². The van der Waals surface area contributed by atoms with Gasteiger partial charge in [-0.2, -0.15) is 0 Å². The van der Waals surface area contributed by atoms with Crippen LogP contribution in [0.5, 0.6) is 0 Å². The number of carbonyl (C=O) groups excluding carboxylic acids is 1. The Bertz CT molecular complexity index is 929. The van der Waals surface area contributed by atoms with Gasteiger partial charge in [0.05, 0.1) is 6.04 Å². The smallest absolute Gasteiger partial charge is 0.244 e. The first-order chi connectivity index (χ1) is 12.0. The van der Waals surface area contributed by atoms with Crippen LogP contribution in [0.15, 0.2) is 66.7 Å². The first kappa shape index (κ1) is 16.8. The molecule has 3 aromatic carbocycles. The zero-order chi connectivity index (χ0) is 17.8. The van der Waals surface area contributed by atoms with Gasteiger partial charge in [0.15, 0.2) is 0 Å². The molecule has 2 nitrogen and oxygen atoms in total. The Kier molecular flexibility index (Phi) is 4.89. The Morgan fingerprint density at radius 3 is 2.36 bits per heavy atom. The Hall–Kier alpha value is -3.01. The van der Waals surface area contributed by atoms with Crippen LogP contribution in [-0.2, 0) is 4.79 Å². The predicted octanol–water partition coefficient (Wildman–Crippen LogP) is 5.01. The molecule has 0 spiro atoms. The molecule has 1 atom stereocenters. The lowest BCUT2D eigenvalue weighted by atomic mass is 10.0. The molecule has 25 heavy (non-hydrogen) atoms. The number of benzene rings is 3. The van der Waals surface area contributed by atoms with Crippen LogP contribution in [0.3, 0.4) is 0 Å². The monoisotopic (exact) mass is 337 g/mol. The van der Waals surface area contributed by atoms with Crippen LogP contribution in [0.25, 0.3) is 16.8 Å². The van der Waals surface area contributed by atoms with E-state index in [0.29, 0.717) is 0 Å². The summed E-state index contributed by atoms with van der Waals surface area (Å²) < 4.78 is 27.1. The van der Waals surface area contributed by atoms with Crippen molar-refractivity contribution in [3.8, 4) is 0 Å². The molecule has 4 heteroatoms. The maximum atomic E-state index is 13.6. The summed E-state index contributed by atoms with van der Waals surface area (Å²) in [6.45, 7) is 1.86. The summed E-state index contributed by atoms with van der Waals surface area (Å²) in [4.78, 5) is 12.0. The summed E-state index contributed by atoms with van der Waals surface area (Å²) in [5, 5.41) is 5.01. The standard InChI is InChI=1S/C21H17F2NO/c1-14(16-10-9-15-5-2-3-6-17(15)13-16)24-21(25)12-11-18-19(22)7-4-8-20(18)23/h2-14H,1H3,(H,24,25)/t14-/m0/s1. The SMILES string of the molecule is C[C@H](NC(=O)C=Cc1c(F)cccc1F)c1ccc2ccccc2c1. The molecule has 3 aromatic rings. The molecule has 126 valence electrons. The van der Waals surface area contributed by atoms with E-state index in [1.54, 1.807) is 0 Å². The summed E-state index contributed by atoms with van der Waals surface area (Å²) >= 11 is 0. The molecular formula is C21H17F2NO. The van der Waals surface area contributed by atoms with Crippen LogP contribution >= 0.6 is 0 Å². The van der Waals surface area contributed by atoms with Gasteiger partial charge in [-0.1, -0.05) is 42.5 Å². The van der Waals surface area contributed by atoms with Gasteiger partial charge in [-0.15, -0.1) is 0 Å². The largest absolute Gasteiger partial charge is 0.346 e. The summed E-state index contributed by atoms with van der Waals surface area (Å²) in [6.07, 6.45) is 2.28. The van der Waals surface area contributed by atoms with E-state index in [9.17, 15) is 13.6 Å². The normalized spacial score (nSPS) is 12.4. The van der Waals surface area contributed by atoms with E-state index in [1.165, 1.54) is 6.07 Å². The molecule has 0 saturated heterocycles. The van der Waals surface area contributed by atoms with Gasteiger partial charge in [0.1, 0.15) is 11.6 Å². The fraction of sp³-hybridized carbons (Fsp3) is 0.0952. The zero-order valence-electron chi connectivity index (χ0n) is 13.7. The number of carbonyl (C=O) groups is 1. The van der Waals surface area contributed by atoms with E-state index >= 15 is 0 Å². The van der Waals surface area contributed by atoms with Gasteiger partial charge >= 0.3 is 0 Å². The van der Waals surface area contributed by atoms with E-state index in [2.05, 4.69) is 5.32 Å². The van der Waals surface area contributed by atoms with Gasteiger partial charge in [0, 0.05) is 11.6 Å². The average molecular weight is 337 g/mol. The second-order valence-corrected chi connectivity index (χ2v) is 5.81. The Morgan fingerprint density at radius 1 is 0.960 bits per heavy atom. The molecule has 0 radical (unpaired) electrons. The molecule has 0 fully saturated rings. The van der Waals surface area contributed by atoms with Crippen molar-refractivity contribution in [2.75, 3.05) is 0 Å². The van der Waals surface area contributed by atoms with Crippen LogP contribution in [0, 0.1) is 11.6 Å². The van der Waals surface area contributed by atoms with Crippen molar-refractivity contribution in [1.82, 2.24) is 5.32 Å². The molecule has 0 aliphatic rings. The molecule has 0 bridgehead atoms. The minimum Gasteiger partial charge on any atom is -0.346 e. The van der Waals surface area contributed by atoms with Crippen LogP contribution in [0.1, 0.15) is 24.1 Å². The summed E-state index contributed by atoms with van der Waals surface area (Å²) in [5.74, 6) is -1.82. The van der Waals surface area contributed by atoms with Crippen molar-refractivity contribution in [3.63, 3.8) is 0 Å². The third-order valence-electron chi connectivity index (χ3n) is 4.03. The Balaban J connectivity index is 1.72. The lowest BCUT2D eigenvalue weighted by molar-refractivity contribution is -0.117. The highest BCUT2D eigenvalue weighted by atomic mass is 19.1. The molecule has 0 heterocycles. The highest BCUT2D eigenvalue weighted by Crippen LogP contribution is 2.20. The van der Waals surface area contributed by atoms with Gasteiger partial charge in [-0.25, -0.2) is 8.78 Å². The number of hydrogen-bond donors (Lipinski definition) is 1. The third kappa shape index (κ3) is 3.91. The number of fused-ring (bicyclic) bond motifs is 1. The van der Waals surface area contributed by atoms with Crippen molar-refractivity contribution in [1.29, 1.82) is 0 Å². The molecular weight excluding hydrogens is 320 g/mol. The number of nitrogens with one attached hydrogen (secondary N) is 1. The highest BCUT2D eigenvalue weighted by molar-refractivity contribution is 5.92. The lowest BCUT2D eigenvalue weighted by Crippen LogP contribution is -2.24. The minimum absolute atomic E-state index is 0.226.